The van der Waals surface area contributed by atoms with Gasteiger partial charge in [0.2, 0.25) is 15.9 Å². The molecule has 0 radical (unpaired) electrons. The highest BCUT2D eigenvalue weighted by Gasteiger charge is 2.40. The zero-order valence-corrected chi connectivity index (χ0v) is 19.8. The molecule has 2 aliphatic heterocycles. The standard InChI is InChI=1S/C22H28N4O5S2/c23-14-20-13-21(6-7-24-20)33(30,31)26-15-18(17-4-2-1-3-5-17)12-19(16-26)22(27)25-8-10-32(28,29)11-9-25/h1-7,13,18-19H,8-12,14-16,23H2/t18-,19-/m0/s1. The SMILES string of the molecule is NCc1cc(S(=O)(=O)N2C[C@@H](C(=O)N3CCS(=O)(=O)CC3)C[C@H](c3ccccc3)C2)ccn1. The lowest BCUT2D eigenvalue weighted by molar-refractivity contribution is -0.136. The molecule has 0 bridgehead atoms. The summed E-state index contributed by atoms with van der Waals surface area (Å²) in [5.41, 5.74) is 7.07. The second-order valence-electron chi connectivity index (χ2n) is 8.53. The van der Waals surface area contributed by atoms with Crippen LogP contribution in [0.25, 0.3) is 0 Å². The summed E-state index contributed by atoms with van der Waals surface area (Å²) in [5.74, 6) is -1.03. The molecular weight excluding hydrogens is 464 g/mol. The van der Waals surface area contributed by atoms with E-state index in [1.165, 1.54) is 22.6 Å². The molecule has 2 fully saturated rings. The fourth-order valence-electron chi connectivity index (χ4n) is 4.47. The Morgan fingerprint density at radius 3 is 2.45 bits per heavy atom. The minimum absolute atomic E-state index is 0.0496. The molecule has 2 N–H and O–H groups in total. The summed E-state index contributed by atoms with van der Waals surface area (Å²) in [5, 5.41) is 0. The van der Waals surface area contributed by atoms with E-state index in [0.717, 1.165) is 5.56 Å². The Morgan fingerprint density at radius 2 is 1.79 bits per heavy atom. The van der Waals surface area contributed by atoms with Gasteiger partial charge in [-0.05, 0) is 30.0 Å². The summed E-state index contributed by atoms with van der Waals surface area (Å²) >= 11 is 0. The number of nitrogens with two attached hydrogens (primary N) is 1. The molecular formula is C22H28N4O5S2. The van der Waals surface area contributed by atoms with E-state index in [0.29, 0.717) is 12.1 Å². The second kappa shape index (κ2) is 9.49. The average molecular weight is 493 g/mol. The number of carbonyl (C=O) groups is 1. The fraction of sp³-hybridized carbons (Fsp3) is 0.455. The zero-order valence-electron chi connectivity index (χ0n) is 18.2. The number of nitrogens with zero attached hydrogens (tertiary/aromatic N) is 3. The summed E-state index contributed by atoms with van der Waals surface area (Å²) in [4.78, 5) is 19.1. The van der Waals surface area contributed by atoms with Gasteiger partial charge >= 0.3 is 0 Å². The smallest absolute Gasteiger partial charge is 0.243 e. The lowest BCUT2D eigenvalue weighted by Gasteiger charge is -2.39. The number of benzene rings is 1. The summed E-state index contributed by atoms with van der Waals surface area (Å²) < 4.78 is 52.0. The van der Waals surface area contributed by atoms with Gasteiger partial charge in [-0.2, -0.15) is 4.31 Å². The van der Waals surface area contributed by atoms with Crippen LogP contribution in [0.5, 0.6) is 0 Å². The Balaban J connectivity index is 1.63. The molecule has 11 heteroatoms. The van der Waals surface area contributed by atoms with E-state index < -0.39 is 25.8 Å². The van der Waals surface area contributed by atoms with Gasteiger partial charge < -0.3 is 10.6 Å². The number of pyridine rings is 1. The zero-order chi connectivity index (χ0) is 23.6. The lowest BCUT2D eigenvalue weighted by atomic mass is 9.85. The Kier molecular flexibility index (Phi) is 6.85. The van der Waals surface area contributed by atoms with Gasteiger partial charge in [-0.25, -0.2) is 16.8 Å². The number of sulfonamides is 1. The van der Waals surface area contributed by atoms with E-state index in [2.05, 4.69) is 4.98 Å². The van der Waals surface area contributed by atoms with Crippen LogP contribution in [0.2, 0.25) is 0 Å². The highest BCUT2D eigenvalue weighted by Crippen LogP contribution is 2.34. The van der Waals surface area contributed by atoms with Gasteiger partial charge in [0.15, 0.2) is 9.84 Å². The first-order chi connectivity index (χ1) is 15.7. The minimum Gasteiger partial charge on any atom is -0.340 e. The molecule has 1 aromatic heterocycles. The molecule has 2 atom stereocenters. The quantitative estimate of drug-likeness (QED) is 0.646. The van der Waals surface area contributed by atoms with Crippen LogP contribution in [0.15, 0.2) is 53.6 Å². The van der Waals surface area contributed by atoms with Crippen molar-refractivity contribution in [3.05, 3.63) is 59.9 Å². The normalized spacial score (nSPS) is 23.8. The fourth-order valence-corrected chi connectivity index (χ4v) is 7.24. The van der Waals surface area contributed by atoms with Crippen LogP contribution in [0.4, 0.5) is 0 Å². The molecule has 0 saturated carbocycles. The third kappa shape index (κ3) is 5.26. The van der Waals surface area contributed by atoms with Gasteiger partial charge in [0.1, 0.15) is 0 Å². The van der Waals surface area contributed by atoms with Crippen LogP contribution >= 0.6 is 0 Å². The third-order valence-electron chi connectivity index (χ3n) is 6.33. The van der Waals surface area contributed by atoms with Crippen LogP contribution in [-0.2, 0) is 31.2 Å². The molecule has 2 aromatic rings. The second-order valence-corrected chi connectivity index (χ2v) is 12.8. The molecule has 4 rings (SSSR count). The van der Waals surface area contributed by atoms with Gasteiger partial charge in [0, 0.05) is 38.9 Å². The van der Waals surface area contributed by atoms with Crippen molar-refractivity contribution >= 4 is 25.8 Å². The monoisotopic (exact) mass is 492 g/mol. The summed E-state index contributed by atoms with van der Waals surface area (Å²) in [6.07, 6.45) is 1.92. The number of hydrogen-bond donors (Lipinski definition) is 1. The maximum Gasteiger partial charge on any atom is 0.243 e. The summed E-state index contributed by atoms with van der Waals surface area (Å²) in [7, 11) is -7.01. The van der Waals surface area contributed by atoms with Gasteiger partial charge in [-0.15, -0.1) is 0 Å². The molecule has 178 valence electrons. The molecule has 0 unspecified atom stereocenters. The predicted molar refractivity (Wildman–Crippen MR) is 123 cm³/mol. The first-order valence-electron chi connectivity index (χ1n) is 10.9. The van der Waals surface area contributed by atoms with E-state index in [9.17, 15) is 21.6 Å². The lowest BCUT2D eigenvalue weighted by Crippen LogP contribution is -2.52. The highest BCUT2D eigenvalue weighted by atomic mass is 32.2. The number of carbonyl (C=O) groups excluding carboxylic acids is 1. The first kappa shape index (κ1) is 23.8. The molecule has 1 amide bonds. The largest absolute Gasteiger partial charge is 0.340 e. The molecule has 2 saturated heterocycles. The van der Waals surface area contributed by atoms with Crippen molar-refractivity contribution in [1.29, 1.82) is 0 Å². The van der Waals surface area contributed by atoms with E-state index in [1.807, 2.05) is 30.3 Å². The van der Waals surface area contributed by atoms with Crippen molar-refractivity contribution in [2.75, 3.05) is 37.7 Å². The molecule has 9 nitrogen and oxygen atoms in total. The molecule has 3 heterocycles. The summed E-state index contributed by atoms with van der Waals surface area (Å²) in [6, 6.07) is 12.5. The van der Waals surface area contributed by atoms with Crippen molar-refractivity contribution in [3.8, 4) is 0 Å². The average Bonchev–Trinajstić information content (AvgIpc) is 2.84. The molecule has 2 aliphatic rings. The third-order valence-corrected chi connectivity index (χ3v) is 9.77. The maximum absolute atomic E-state index is 13.5. The van der Waals surface area contributed by atoms with E-state index >= 15 is 0 Å². The van der Waals surface area contributed by atoms with Crippen LogP contribution in [0.1, 0.15) is 23.6 Å². The van der Waals surface area contributed by atoms with Crippen molar-refractivity contribution < 1.29 is 21.6 Å². The van der Waals surface area contributed by atoms with Gasteiger partial charge in [-0.3, -0.25) is 9.78 Å². The molecule has 0 spiro atoms. The van der Waals surface area contributed by atoms with Crippen LogP contribution in [0.3, 0.4) is 0 Å². The predicted octanol–water partition coefficient (Wildman–Crippen LogP) is 0.592. The van der Waals surface area contributed by atoms with Crippen molar-refractivity contribution in [3.63, 3.8) is 0 Å². The Bertz CT molecular complexity index is 1200. The van der Waals surface area contributed by atoms with Gasteiger partial charge in [0.05, 0.1) is 28.0 Å². The molecule has 33 heavy (non-hydrogen) atoms. The van der Waals surface area contributed by atoms with Crippen molar-refractivity contribution in [2.24, 2.45) is 11.7 Å². The highest BCUT2D eigenvalue weighted by molar-refractivity contribution is 7.91. The van der Waals surface area contributed by atoms with Gasteiger partial charge in [0.25, 0.3) is 0 Å². The summed E-state index contributed by atoms with van der Waals surface area (Å²) in [6.45, 7) is 0.711. The Labute approximate surface area is 194 Å². The maximum atomic E-state index is 13.5. The Hall–Kier alpha value is -2.34. The van der Waals surface area contributed by atoms with Crippen LogP contribution in [0, 0.1) is 5.92 Å². The topological polar surface area (TPSA) is 131 Å². The Morgan fingerprint density at radius 1 is 1.09 bits per heavy atom. The van der Waals surface area contributed by atoms with E-state index in [4.69, 9.17) is 5.73 Å². The van der Waals surface area contributed by atoms with Crippen LogP contribution < -0.4 is 5.73 Å². The number of hydrogen-bond acceptors (Lipinski definition) is 7. The van der Waals surface area contributed by atoms with Gasteiger partial charge in [-0.1, -0.05) is 30.3 Å². The van der Waals surface area contributed by atoms with E-state index in [-0.39, 0.29) is 61.0 Å². The number of amides is 1. The number of sulfone groups is 1. The molecule has 0 aliphatic carbocycles. The first-order valence-corrected chi connectivity index (χ1v) is 14.1. The minimum atomic E-state index is -3.88. The van der Waals surface area contributed by atoms with Crippen molar-refractivity contribution in [1.82, 2.24) is 14.2 Å². The number of aromatic nitrogens is 1. The number of piperidine rings is 1. The van der Waals surface area contributed by atoms with Crippen molar-refractivity contribution in [2.45, 2.75) is 23.8 Å². The number of rotatable bonds is 5. The van der Waals surface area contributed by atoms with E-state index in [1.54, 1.807) is 4.90 Å². The van der Waals surface area contributed by atoms with Crippen LogP contribution in [-0.4, -0.2) is 74.6 Å². The molecule has 1 aromatic carbocycles.